The van der Waals surface area contributed by atoms with Crippen molar-refractivity contribution in [1.29, 1.82) is 5.26 Å². The molecule has 5 rings (SSSR count). The first-order valence-corrected chi connectivity index (χ1v) is 14.4. The quantitative estimate of drug-likeness (QED) is 0.172. The highest BCUT2D eigenvalue weighted by atomic mass is 32.2. The molecular formula is C32H30N8O2S. The van der Waals surface area contributed by atoms with E-state index >= 15 is 0 Å². The topological polar surface area (TPSA) is 135 Å². The molecule has 43 heavy (non-hydrogen) atoms. The molecule has 0 saturated heterocycles. The second-order valence-electron chi connectivity index (χ2n) is 9.98. The van der Waals surface area contributed by atoms with Gasteiger partial charge in [0, 0.05) is 52.0 Å². The van der Waals surface area contributed by atoms with Crippen LogP contribution in [0.1, 0.15) is 22.0 Å². The van der Waals surface area contributed by atoms with Crippen LogP contribution in [0.3, 0.4) is 0 Å². The van der Waals surface area contributed by atoms with Gasteiger partial charge < -0.3 is 26.2 Å². The van der Waals surface area contributed by atoms with Gasteiger partial charge in [-0.3, -0.25) is 9.59 Å². The molecule has 10 nitrogen and oxygen atoms in total. The van der Waals surface area contributed by atoms with E-state index in [-0.39, 0.29) is 17.2 Å². The number of benzene rings is 3. The lowest BCUT2D eigenvalue weighted by Crippen LogP contribution is -2.20. The number of hydrogen-bond acceptors (Lipinski definition) is 9. The Morgan fingerprint density at radius 1 is 1.02 bits per heavy atom. The van der Waals surface area contributed by atoms with Crippen molar-refractivity contribution < 1.29 is 9.59 Å². The van der Waals surface area contributed by atoms with Crippen LogP contribution in [0.2, 0.25) is 0 Å². The highest BCUT2D eigenvalue weighted by Gasteiger charge is 2.31. The number of likely N-dealkylation sites (N-methyl/N-ethyl adjacent to an activating group) is 1. The van der Waals surface area contributed by atoms with Crippen molar-refractivity contribution in [3.63, 3.8) is 0 Å². The van der Waals surface area contributed by atoms with Gasteiger partial charge in [-0.1, -0.05) is 36.0 Å². The number of anilines is 5. The van der Waals surface area contributed by atoms with E-state index in [2.05, 4.69) is 37.3 Å². The van der Waals surface area contributed by atoms with Gasteiger partial charge in [-0.2, -0.15) is 5.26 Å². The Hall–Kier alpha value is -5.18. The minimum Gasteiger partial charge on any atom is -0.371 e. The smallest absolute Gasteiger partial charge is 0.255 e. The Balaban J connectivity index is 1.18. The standard InChI is InChI=1S/C32H30N8O2S/c1-40(2)18-6-11-29(41)35-24-8-5-7-21(19-24)30(42)36-22-12-14-23(15-13-22)37-32-34-17-16-26(39-32)25(20-33)31-38-27-9-3-4-10-28(27)43-31/h3-17,19,25,31,38H,18H2,1-2H3,(H,35,41)(H,36,42)(H,34,37,39)/b11-6+. The van der Waals surface area contributed by atoms with E-state index in [1.807, 2.05) is 43.3 Å². The molecule has 0 saturated carbocycles. The van der Waals surface area contributed by atoms with Crippen molar-refractivity contribution >= 4 is 52.3 Å². The fourth-order valence-electron chi connectivity index (χ4n) is 4.32. The van der Waals surface area contributed by atoms with Crippen LogP contribution in [0.5, 0.6) is 0 Å². The van der Waals surface area contributed by atoms with Crippen LogP contribution in [0.15, 0.2) is 102 Å². The summed E-state index contributed by atoms with van der Waals surface area (Å²) in [4.78, 5) is 37.0. The average Bonchev–Trinajstić information content (AvgIpc) is 3.42. The fraction of sp³-hybridized carbons (Fsp3) is 0.156. The van der Waals surface area contributed by atoms with Crippen molar-refractivity contribution in [3.05, 3.63) is 108 Å². The van der Waals surface area contributed by atoms with Gasteiger partial charge in [-0.15, -0.1) is 0 Å². The van der Waals surface area contributed by atoms with Crippen LogP contribution in [-0.4, -0.2) is 52.7 Å². The third-order valence-electron chi connectivity index (χ3n) is 6.41. The molecule has 11 heteroatoms. The van der Waals surface area contributed by atoms with Crippen molar-refractivity contribution in [2.45, 2.75) is 16.2 Å². The lowest BCUT2D eigenvalue weighted by atomic mass is 10.1. The summed E-state index contributed by atoms with van der Waals surface area (Å²) >= 11 is 1.61. The monoisotopic (exact) mass is 590 g/mol. The summed E-state index contributed by atoms with van der Waals surface area (Å²) in [6.45, 7) is 0.651. The van der Waals surface area contributed by atoms with E-state index in [4.69, 9.17) is 0 Å². The number of thioether (sulfide) groups is 1. The zero-order chi connectivity index (χ0) is 30.2. The molecule has 1 aromatic heterocycles. The molecule has 3 aromatic carbocycles. The lowest BCUT2D eigenvalue weighted by Gasteiger charge is -2.17. The predicted molar refractivity (Wildman–Crippen MR) is 171 cm³/mol. The maximum absolute atomic E-state index is 12.9. The zero-order valence-electron chi connectivity index (χ0n) is 23.6. The summed E-state index contributed by atoms with van der Waals surface area (Å²) in [5.41, 5.74) is 3.88. The first-order valence-electron chi connectivity index (χ1n) is 13.5. The van der Waals surface area contributed by atoms with Crippen molar-refractivity contribution in [3.8, 4) is 6.07 Å². The van der Waals surface area contributed by atoms with Crippen molar-refractivity contribution in [2.24, 2.45) is 0 Å². The van der Waals surface area contributed by atoms with E-state index < -0.39 is 5.92 Å². The minimum atomic E-state index is -0.482. The van der Waals surface area contributed by atoms with Crippen LogP contribution in [0, 0.1) is 11.3 Å². The van der Waals surface area contributed by atoms with E-state index in [9.17, 15) is 14.9 Å². The van der Waals surface area contributed by atoms with Gasteiger partial charge in [-0.05, 0) is 74.8 Å². The molecule has 0 spiro atoms. The normalized spacial score (nSPS) is 14.4. The maximum Gasteiger partial charge on any atom is 0.255 e. The third-order valence-corrected chi connectivity index (χ3v) is 7.66. The molecule has 0 bridgehead atoms. The number of hydrogen-bond donors (Lipinski definition) is 4. The number of carbonyl (C=O) groups excluding carboxylic acids is 2. The summed E-state index contributed by atoms with van der Waals surface area (Å²) in [6.07, 6.45) is 4.87. The molecule has 0 aliphatic carbocycles. The predicted octanol–water partition coefficient (Wildman–Crippen LogP) is 5.68. The molecular weight excluding hydrogens is 560 g/mol. The largest absolute Gasteiger partial charge is 0.371 e. The number of nitrogens with zero attached hydrogens (tertiary/aromatic N) is 4. The molecule has 2 unspecified atom stereocenters. The lowest BCUT2D eigenvalue weighted by molar-refractivity contribution is -0.111. The Kier molecular flexibility index (Phi) is 9.31. The molecule has 0 fully saturated rings. The number of carbonyl (C=O) groups is 2. The molecule has 1 aliphatic rings. The van der Waals surface area contributed by atoms with E-state index in [1.165, 1.54) is 6.08 Å². The summed E-state index contributed by atoms with van der Waals surface area (Å²) in [7, 11) is 3.84. The Morgan fingerprint density at radius 2 is 1.81 bits per heavy atom. The van der Waals surface area contributed by atoms with Gasteiger partial charge in [0.1, 0.15) is 5.92 Å². The van der Waals surface area contributed by atoms with Crippen molar-refractivity contribution in [1.82, 2.24) is 14.9 Å². The first kappa shape index (κ1) is 29.3. The summed E-state index contributed by atoms with van der Waals surface area (Å²) in [5.74, 6) is -0.686. The molecule has 4 N–H and O–H groups in total. The summed E-state index contributed by atoms with van der Waals surface area (Å²) in [5, 5.41) is 22.0. The number of fused-ring (bicyclic) bond motifs is 1. The maximum atomic E-state index is 12.9. The van der Waals surface area contributed by atoms with Crippen molar-refractivity contribution in [2.75, 3.05) is 41.9 Å². The number of para-hydroxylation sites is 1. The SMILES string of the molecule is CN(C)C/C=C/C(=O)Nc1cccc(C(=O)Nc2ccc(Nc3nccc(C(C#N)C4Nc5ccccc5S4)n3)cc2)c1. The zero-order valence-corrected chi connectivity index (χ0v) is 24.4. The number of aromatic nitrogens is 2. The van der Waals surface area contributed by atoms with Gasteiger partial charge in [0.05, 0.1) is 17.1 Å². The van der Waals surface area contributed by atoms with Crippen LogP contribution in [0.4, 0.5) is 28.7 Å². The van der Waals surface area contributed by atoms with Crippen LogP contribution < -0.4 is 21.3 Å². The van der Waals surface area contributed by atoms with Crippen LogP contribution >= 0.6 is 11.8 Å². The summed E-state index contributed by atoms with van der Waals surface area (Å²) < 4.78 is 0. The highest BCUT2D eigenvalue weighted by molar-refractivity contribution is 8.00. The fourth-order valence-corrected chi connectivity index (χ4v) is 5.52. The molecule has 216 valence electrons. The molecule has 1 aliphatic heterocycles. The Labute approximate surface area is 254 Å². The van der Waals surface area contributed by atoms with E-state index in [1.54, 1.807) is 78.6 Å². The molecule has 2 heterocycles. The second kappa shape index (κ2) is 13.7. The first-order chi connectivity index (χ1) is 20.9. The highest BCUT2D eigenvalue weighted by Crippen LogP contribution is 2.43. The number of nitrogens with one attached hydrogen (secondary N) is 4. The molecule has 2 atom stereocenters. The Morgan fingerprint density at radius 3 is 2.58 bits per heavy atom. The van der Waals surface area contributed by atoms with Gasteiger partial charge in [0.2, 0.25) is 11.9 Å². The number of nitriles is 1. The van der Waals surface area contributed by atoms with Gasteiger partial charge in [-0.25, -0.2) is 9.97 Å². The van der Waals surface area contributed by atoms with Gasteiger partial charge in [0.25, 0.3) is 5.91 Å². The van der Waals surface area contributed by atoms with E-state index in [0.29, 0.717) is 35.1 Å². The van der Waals surface area contributed by atoms with Gasteiger partial charge >= 0.3 is 0 Å². The minimum absolute atomic E-state index is 0.157. The molecule has 4 aromatic rings. The second-order valence-corrected chi connectivity index (χ2v) is 11.2. The van der Waals surface area contributed by atoms with E-state index in [0.717, 1.165) is 16.3 Å². The summed E-state index contributed by atoms with van der Waals surface area (Å²) in [6, 6.07) is 26.0. The van der Waals surface area contributed by atoms with Gasteiger partial charge in [0.15, 0.2) is 0 Å². The number of amides is 2. The van der Waals surface area contributed by atoms with Crippen LogP contribution in [-0.2, 0) is 4.79 Å². The Bertz CT molecular complexity index is 1660. The molecule has 0 radical (unpaired) electrons. The third kappa shape index (κ3) is 7.77. The molecule has 2 amide bonds. The number of rotatable bonds is 10. The average molecular weight is 591 g/mol. The van der Waals surface area contributed by atoms with Crippen LogP contribution in [0.25, 0.3) is 0 Å².